The van der Waals surface area contributed by atoms with Crippen LogP contribution in [0, 0.1) is 5.92 Å². The molecule has 0 aromatic carbocycles. The molecule has 2 aliphatic carbocycles. The van der Waals surface area contributed by atoms with Crippen molar-refractivity contribution >= 4 is 0 Å². The van der Waals surface area contributed by atoms with Gasteiger partial charge in [0.05, 0.1) is 0 Å². The van der Waals surface area contributed by atoms with Crippen LogP contribution in [-0.2, 0) is 0 Å². The topological polar surface area (TPSA) is 12.0 Å². The summed E-state index contributed by atoms with van der Waals surface area (Å²) in [7, 11) is 0. The van der Waals surface area contributed by atoms with E-state index < -0.39 is 0 Å². The Hall–Kier alpha value is -0.820. The number of rotatable bonds is 1. The van der Waals surface area contributed by atoms with E-state index in [4.69, 9.17) is 0 Å². The molecular formula is C17H25N. The van der Waals surface area contributed by atoms with Crippen LogP contribution in [0.3, 0.4) is 0 Å². The van der Waals surface area contributed by atoms with Gasteiger partial charge in [-0.05, 0) is 26.2 Å². The van der Waals surface area contributed by atoms with E-state index in [1.54, 1.807) is 5.57 Å². The summed E-state index contributed by atoms with van der Waals surface area (Å²) in [6.07, 6.45) is 18.9. The fourth-order valence-corrected chi connectivity index (χ4v) is 3.86. The van der Waals surface area contributed by atoms with E-state index in [1.165, 1.54) is 50.6 Å². The Balaban J connectivity index is 1.78. The summed E-state index contributed by atoms with van der Waals surface area (Å²) in [5, 5.41) is 3.79. The van der Waals surface area contributed by atoms with Crippen molar-refractivity contribution in [1.82, 2.24) is 5.32 Å². The molecule has 1 unspecified atom stereocenters. The molecule has 1 heteroatoms. The van der Waals surface area contributed by atoms with Gasteiger partial charge in [-0.25, -0.2) is 0 Å². The molecule has 1 atom stereocenters. The largest absolute Gasteiger partial charge is 0.310 e. The number of nitrogens with one attached hydrogen (secondary N) is 1. The normalized spacial score (nSPS) is 31.1. The van der Waals surface area contributed by atoms with Crippen molar-refractivity contribution < 1.29 is 0 Å². The Morgan fingerprint density at radius 2 is 1.89 bits per heavy atom. The maximum Gasteiger partial charge on any atom is 0.0259 e. The number of hydrogen-bond acceptors (Lipinski definition) is 1. The van der Waals surface area contributed by atoms with Crippen LogP contribution in [0.15, 0.2) is 35.5 Å². The standard InChI is InChI=1S/C17H25N/c1-14-7-6-8-15(10-9-14)16-13-18-17(16)11-4-2-3-5-12-17/h6-7,9-10,16,18H,2-5,8,11-13H2,1H3. The highest BCUT2D eigenvalue weighted by Gasteiger charge is 2.46. The Kier molecular flexibility index (Phi) is 3.43. The van der Waals surface area contributed by atoms with Crippen LogP contribution in [0.25, 0.3) is 0 Å². The van der Waals surface area contributed by atoms with Crippen molar-refractivity contribution in [1.29, 1.82) is 0 Å². The third-order valence-corrected chi connectivity index (χ3v) is 5.06. The molecule has 1 N–H and O–H groups in total. The Bertz CT molecular complexity index is 392. The smallest absolute Gasteiger partial charge is 0.0259 e. The molecule has 18 heavy (non-hydrogen) atoms. The van der Waals surface area contributed by atoms with Gasteiger partial charge in [-0.3, -0.25) is 0 Å². The summed E-state index contributed by atoms with van der Waals surface area (Å²) in [6, 6.07) is 0. The lowest BCUT2D eigenvalue weighted by atomic mass is 9.67. The molecule has 1 aliphatic heterocycles. The molecule has 0 bridgehead atoms. The first kappa shape index (κ1) is 12.2. The van der Waals surface area contributed by atoms with Crippen molar-refractivity contribution in [3.8, 4) is 0 Å². The van der Waals surface area contributed by atoms with E-state index >= 15 is 0 Å². The minimum atomic E-state index is 0.461. The van der Waals surface area contributed by atoms with Gasteiger partial charge in [-0.1, -0.05) is 61.1 Å². The Morgan fingerprint density at radius 1 is 1.11 bits per heavy atom. The molecule has 1 saturated carbocycles. The van der Waals surface area contributed by atoms with Crippen LogP contribution in [0.5, 0.6) is 0 Å². The van der Waals surface area contributed by atoms with Crippen molar-refractivity contribution in [2.75, 3.05) is 6.54 Å². The third-order valence-electron chi connectivity index (χ3n) is 5.06. The second kappa shape index (κ2) is 5.05. The Morgan fingerprint density at radius 3 is 2.56 bits per heavy atom. The van der Waals surface area contributed by atoms with Crippen LogP contribution < -0.4 is 5.32 Å². The maximum atomic E-state index is 3.79. The van der Waals surface area contributed by atoms with Gasteiger partial charge in [-0.15, -0.1) is 0 Å². The van der Waals surface area contributed by atoms with Gasteiger partial charge < -0.3 is 5.32 Å². The van der Waals surface area contributed by atoms with Gasteiger partial charge in [0.1, 0.15) is 0 Å². The summed E-state index contributed by atoms with van der Waals surface area (Å²) in [4.78, 5) is 0. The van der Waals surface area contributed by atoms with Crippen LogP contribution in [0.4, 0.5) is 0 Å². The summed E-state index contributed by atoms with van der Waals surface area (Å²) in [5.74, 6) is 0.794. The summed E-state index contributed by atoms with van der Waals surface area (Å²) < 4.78 is 0. The fourth-order valence-electron chi connectivity index (χ4n) is 3.86. The van der Waals surface area contributed by atoms with E-state index in [2.05, 4.69) is 36.5 Å². The summed E-state index contributed by atoms with van der Waals surface area (Å²) >= 11 is 0. The van der Waals surface area contributed by atoms with E-state index in [9.17, 15) is 0 Å². The molecular weight excluding hydrogens is 218 g/mol. The first-order chi connectivity index (χ1) is 8.80. The summed E-state index contributed by atoms with van der Waals surface area (Å²) in [5.41, 5.74) is 3.50. The zero-order valence-corrected chi connectivity index (χ0v) is 11.5. The molecule has 3 rings (SSSR count). The first-order valence-corrected chi connectivity index (χ1v) is 7.59. The monoisotopic (exact) mass is 243 g/mol. The van der Waals surface area contributed by atoms with Crippen LogP contribution in [-0.4, -0.2) is 12.1 Å². The predicted octanol–water partition coefficient (Wildman–Crippen LogP) is 4.13. The molecule has 98 valence electrons. The van der Waals surface area contributed by atoms with E-state index in [-0.39, 0.29) is 0 Å². The quantitative estimate of drug-likeness (QED) is 0.730. The van der Waals surface area contributed by atoms with Gasteiger partial charge in [0.15, 0.2) is 0 Å². The second-order valence-corrected chi connectivity index (χ2v) is 6.26. The van der Waals surface area contributed by atoms with Crippen LogP contribution in [0.2, 0.25) is 0 Å². The minimum Gasteiger partial charge on any atom is -0.310 e. The van der Waals surface area contributed by atoms with Crippen molar-refractivity contribution in [2.24, 2.45) is 5.92 Å². The molecule has 1 saturated heterocycles. The SMILES string of the molecule is CC1=CC=C(C2CNC23CCCCCC3)CC=C1. The molecule has 0 radical (unpaired) electrons. The van der Waals surface area contributed by atoms with Gasteiger partial charge >= 0.3 is 0 Å². The van der Waals surface area contributed by atoms with Gasteiger partial charge in [0.2, 0.25) is 0 Å². The molecule has 1 nitrogen and oxygen atoms in total. The average Bonchev–Trinajstić information content (AvgIpc) is 2.70. The molecule has 3 aliphatic rings. The number of hydrogen-bond donors (Lipinski definition) is 1. The molecule has 1 heterocycles. The molecule has 0 amide bonds. The lowest BCUT2D eigenvalue weighted by molar-refractivity contribution is 0.106. The second-order valence-electron chi connectivity index (χ2n) is 6.26. The van der Waals surface area contributed by atoms with Crippen LogP contribution in [0.1, 0.15) is 51.9 Å². The fraction of sp³-hybridized carbons (Fsp3) is 0.647. The maximum absolute atomic E-state index is 3.79. The van der Waals surface area contributed by atoms with E-state index in [0.29, 0.717) is 5.54 Å². The van der Waals surface area contributed by atoms with E-state index in [0.717, 1.165) is 12.3 Å². The van der Waals surface area contributed by atoms with Gasteiger partial charge in [0.25, 0.3) is 0 Å². The first-order valence-electron chi connectivity index (χ1n) is 7.59. The lowest BCUT2D eigenvalue weighted by Crippen LogP contribution is -2.65. The van der Waals surface area contributed by atoms with Crippen molar-refractivity contribution in [3.05, 3.63) is 35.5 Å². The zero-order valence-electron chi connectivity index (χ0n) is 11.5. The molecule has 0 aromatic rings. The minimum absolute atomic E-state index is 0.461. The molecule has 2 fully saturated rings. The highest BCUT2D eigenvalue weighted by molar-refractivity contribution is 5.33. The Labute approximate surface area is 111 Å². The van der Waals surface area contributed by atoms with Crippen molar-refractivity contribution in [2.45, 2.75) is 57.4 Å². The molecule has 1 spiro atoms. The highest BCUT2D eigenvalue weighted by atomic mass is 15.1. The summed E-state index contributed by atoms with van der Waals surface area (Å²) in [6.45, 7) is 3.39. The third kappa shape index (κ3) is 2.21. The molecule has 0 aromatic heterocycles. The van der Waals surface area contributed by atoms with Gasteiger partial charge in [-0.2, -0.15) is 0 Å². The van der Waals surface area contributed by atoms with Crippen LogP contribution >= 0.6 is 0 Å². The predicted molar refractivity (Wildman–Crippen MR) is 77.5 cm³/mol. The van der Waals surface area contributed by atoms with E-state index in [1.807, 2.05) is 0 Å². The average molecular weight is 243 g/mol. The highest BCUT2D eigenvalue weighted by Crippen LogP contribution is 2.43. The zero-order chi connectivity index (χ0) is 12.4. The number of allylic oxidation sites excluding steroid dienone is 5. The van der Waals surface area contributed by atoms with Gasteiger partial charge in [0, 0.05) is 18.0 Å². The van der Waals surface area contributed by atoms with Crippen molar-refractivity contribution in [3.63, 3.8) is 0 Å². The lowest BCUT2D eigenvalue weighted by Gasteiger charge is -2.52.